The Bertz CT molecular complexity index is 1300. The van der Waals surface area contributed by atoms with Gasteiger partial charge in [0.2, 0.25) is 11.7 Å². The van der Waals surface area contributed by atoms with Crippen LogP contribution in [-0.4, -0.2) is 111 Å². The molecule has 2 fully saturated rings. The summed E-state index contributed by atoms with van der Waals surface area (Å²) in [6, 6.07) is 10.1. The lowest BCUT2D eigenvalue weighted by Gasteiger charge is -2.27. The van der Waals surface area contributed by atoms with Gasteiger partial charge in [0.05, 0.1) is 43.3 Å². The van der Waals surface area contributed by atoms with Gasteiger partial charge in [-0.3, -0.25) is 4.79 Å². The van der Waals surface area contributed by atoms with E-state index in [-0.39, 0.29) is 29.9 Å². The Morgan fingerprint density at radius 2 is 1.86 bits per heavy atom. The van der Waals surface area contributed by atoms with Crippen LogP contribution < -0.4 is 20.3 Å². The number of nitrogens with one attached hydrogen (secondary N) is 2. The number of nitrogens with zero attached hydrogens (tertiary/aromatic N) is 3. The zero-order valence-corrected chi connectivity index (χ0v) is 31.6. The van der Waals surface area contributed by atoms with Crippen LogP contribution in [0, 0.1) is 11.8 Å². The van der Waals surface area contributed by atoms with Gasteiger partial charge in [0.1, 0.15) is 12.7 Å². The smallest absolute Gasteiger partial charge is 0.270 e. The van der Waals surface area contributed by atoms with Crippen LogP contribution in [0.4, 0.5) is 5.82 Å². The third kappa shape index (κ3) is 16.5. The first-order chi connectivity index (χ1) is 24.5. The second kappa shape index (κ2) is 22.9. The third-order valence-electron chi connectivity index (χ3n) is 8.80. The monoisotopic (exact) mass is 731 g/mol. The first kappa shape index (κ1) is 42.5. The molecule has 1 saturated heterocycles. The van der Waals surface area contributed by atoms with Crippen molar-refractivity contribution in [2.45, 2.75) is 103 Å². The molecule has 2 heterocycles. The largest absolute Gasteiger partial charge is 0.472 e. The predicted octanol–water partition coefficient (Wildman–Crippen LogP) is 3.65. The van der Waals surface area contributed by atoms with Crippen molar-refractivity contribution in [2.24, 2.45) is 11.8 Å². The van der Waals surface area contributed by atoms with E-state index < -0.39 is 24.4 Å². The molecule has 0 bridgehead atoms. The molecule has 286 valence electrons. The minimum absolute atomic E-state index is 0.0257. The molecule has 51 heavy (non-hydrogen) atoms. The predicted molar refractivity (Wildman–Crippen MR) is 202 cm³/mol. The van der Waals surface area contributed by atoms with E-state index in [0.29, 0.717) is 57.9 Å². The lowest BCUT2D eigenvalue weighted by Crippen LogP contribution is -2.42. The molecule has 1 aliphatic carbocycles. The molecule has 12 nitrogen and oxygen atoms in total. The maximum Gasteiger partial charge on any atom is 0.270 e. The number of ether oxygens (including phenoxy) is 2. The molecule has 6 N–H and O–H groups in total. The molecule has 4 rings (SSSR count). The highest BCUT2D eigenvalue weighted by atomic mass is 32.1. The van der Waals surface area contributed by atoms with Crippen molar-refractivity contribution in [2.75, 3.05) is 50.9 Å². The second-order valence-electron chi connectivity index (χ2n) is 14.2. The number of benzene rings is 1. The van der Waals surface area contributed by atoms with Crippen LogP contribution in [0.1, 0.15) is 71.8 Å². The molecule has 6 atom stereocenters. The van der Waals surface area contributed by atoms with E-state index in [1.165, 1.54) is 5.56 Å². The summed E-state index contributed by atoms with van der Waals surface area (Å²) in [7, 11) is 0. The summed E-state index contributed by atoms with van der Waals surface area (Å²) in [6.07, 6.45) is 10.1. The van der Waals surface area contributed by atoms with Gasteiger partial charge >= 0.3 is 0 Å². The molecule has 0 radical (unpaired) electrons. The Balaban J connectivity index is 0.000000293. The Morgan fingerprint density at radius 3 is 2.57 bits per heavy atom. The maximum atomic E-state index is 11.4. The van der Waals surface area contributed by atoms with E-state index in [9.17, 15) is 25.2 Å². The minimum atomic E-state index is -0.589. The number of β-amino-alcohol motifs (C(OH)–C–C–N with tert-alkyl or cyclic N) is 1. The molecule has 0 unspecified atom stereocenters. The Morgan fingerprint density at radius 1 is 1.12 bits per heavy atom. The van der Waals surface area contributed by atoms with Crippen molar-refractivity contribution in [3.63, 3.8) is 0 Å². The number of allylic oxidation sites excluding steroid dienone is 2. The number of hydrogen-bond acceptors (Lipinski definition) is 12. The van der Waals surface area contributed by atoms with Crippen LogP contribution in [0.5, 0.6) is 5.88 Å². The number of aliphatic hydroxyl groups is 4. The first-order valence-electron chi connectivity index (χ1n) is 18.4. The van der Waals surface area contributed by atoms with Crippen LogP contribution in [0.15, 0.2) is 54.6 Å². The van der Waals surface area contributed by atoms with Gasteiger partial charge in [0.15, 0.2) is 0 Å². The van der Waals surface area contributed by atoms with E-state index in [1.54, 1.807) is 6.08 Å². The van der Waals surface area contributed by atoms with Crippen molar-refractivity contribution < 1.29 is 34.7 Å². The summed E-state index contributed by atoms with van der Waals surface area (Å²) in [5.41, 5.74) is 1.17. The lowest BCUT2D eigenvalue weighted by molar-refractivity contribution is -0.121. The summed E-state index contributed by atoms with van der Waals surface area (Å²) in [6.45, 7) is 12.4. The van der Waals surface area contributed by atoms with E-state index in [1.807, 2.05) is 55.5 Å². The van der Waals surface area contributed by atoms with Gasteiger partial charge in [-0.15, -0.1) is 4.37 Å². The lowest BCUT2D eigenvalue weighted by atomic mass is 9.89. The molecule has 1 aromatic heterocycles. The van der Waals surface area contributed by atoms with Gasteiger partial charge in [-0.05, 0) is 71.3 Å². The molecule has 1 aromatic carbocycles. The molecule has 0 spiro atoms. The Labute approximate surface area is 308 Å². The molecule has 2 aliphatic rings. The number of aryl methyl sites for hydroxylation is 1. The number of carbonyl (C=O) groups excluding carboxylic acids is 1. The number of aliphatic hydroxyl groups excluding tert-OH is 4. The Hall–Kier alpha value is -2.91. The van der Waals surface area contributed by atoms with Gasteiger partial charge in [-0.25, -0.2) is 0 Å². The molecule has 2 aromatic rings. The number of rotatable bonds is 18. The third-order valence-corrected chi connectivity index (χ3v) is 9.30. The van der Waals surface area contributed by atoms with Crippen LogP contribution in [0.25, 0.3) is 0 Å². The van der Waals surface area contributed by atoms with Crippen molar-refractivity contribution in [3.05, 3.63) is 60.2 Å². The average Bonchev–Trinajstić information content (AvgIpc) is 3.69. The fourth-order valence-electron chi connectivity index (χ4n) is 5.95. The fraction of sp³-hybridized carbons (Fsp3) is 0.658. The molecule has 1 aliphatic heterocycles. The zero-order chi connectivity index (χ0) is 37.1. The van der Waals surface area contributed by atoms with Crippen molar-refractivity contribution in [1.82, 2.24) is 19.4 Å². The number of morpholine rings is 1. The highest BCUT2D eigenvalue weighted by Gasteiger charge is 2.39. The zero-order valence-electron chi connectivity index (χ0n) is 30.8. The number of anilines is 1. The number of aromatic nitrogens is 2. The summed E-state index contributed by atoms with van der Waals surface area (Å²) in [5.74, 6) is 1.11. The molecular formula is C38H61N5O7S. The highest BCUT2D eigenvalue weighted by molar-refractivity contribution is 6.99. The van der Waals surface area contributed by atoms with Gasteiger partial charge in [0, 0.05) is 50.5 Å². The van der Waals surface area contributed by atoms with Crippen molar-refractivity contribution >= 4 is 23.5 Å². The minimum Gasteiger partial charge on any atom is -0.472 e. The van der Waals surface area contributed by atoms with E-state index in [4.69, 9.17) is 9.47 Å². The summed E-state index contributed by atoms with van der Waals surface area (Å²) < 4.78 is 19.4. The van der Waals surface area contributed by atoms with Crippen LogP contribution in [-0.2, 0) is 16.0 Å². The quantitative estimate of drug-likeness (QED) is 0.0978. The van der Waals surface area contributed by atoms with Crippen molar-refractivity contribution in [1.29, 1.82) is 0 Å². The average molecular weight is 732 g/mol. The SMILES string of the molecule is CC(C)(C)NC[C@H](O)COc1nsnc1N1CCOCC1.CCNC(=O)CCC/C=C\C[C@@H]1[C@@H](/C=C/[C@@H](O)CCc2ccccc2)[C@H](O)C[C@@H]1O. The summed E-state index contributed by atoms with van der Waals surface area (Å²) in [4.78, 5) is 13.5. The van der Waals surface area contributed by atoms with E-state index in [0.717, 1.165) is 49.9 Å². The molecule has 1 amide bonds. The molecule has 13 heteroatoms. The topological polar surface area (TPSA) is 170 Å². The van der Waals surface area contributed by atoms with E-state index in [2.05, 4.69) is 45.1 Å². The number of amides is 1. The number of unbranched alkanes of at least 4 members (excludes halogenated alkanes) is 1. The Kier molecular flexibility index (Phi) is 19.1. The summed E-state index contributed by atoms with van der Waals surface area (Å²) in [5, 5.41) is 46.9. The van der Waals surface area contributed by atoms with Crippen LogP contribution in [0.2, 0.25) is 0 Å². The van der Waals surface area contributed by atoms with Crippen LogP contribution >= 0.6 is 11.7 Å². The normalized spacial score (nSPS) is 22.2. The van der Waals surface area contributed by atoms with Crippen LogP contribution in [0.3, 0.4) is 0 Å². The number of carbonyl (C=O) groups is 1. The van der Waals surface area contributed by atoms with Crippen molar-refractivity contribution in [3.8, 4) is 5.88 Å². The van der Waals surface area contributed by atoms with Gasteiger partial charge in [0.25, 0.3) is 5.88 Å². The van der Waals surface area contributed by atoms with Gasteiger partial charge in [-0.1, -0.05) is 54.6 Å². The van der Waals surface area contributed by atoms with E-state index >= 15 is 0 Å². The molecular weight excluding hydrogens is 671 g/mol. The highest BCUT2D eigenvalue weighted by Crippen LogP contribution is 2.36. The molecule has 1 saturated carbocycles. The summed E-state index contributed by atoms with van der Waals surface area (Å²) >= 11 is 1.12. The fourth-order valence-corrected chi connectivity index (χ4v) is 6.47. The second-order valence-corrected chi connectivity index (χ2v) is 14.8. The maximum absolute atomic E-state index is 11.4. The standard InChI is InChI=1S/C25H37NO4.C13H24N4O3S/c1-2-26-25(30)13-9-4-3-8-12-21-22(24(29)18-23(21)28)17-16-20(27)15-14-19-10-6-5-7-11-19;1-13(2,3)14-8-10(18)9-20-12-11(15-21-16-12)17-4-6-19-7-5-17/h3,5-8,10-11,16-17,20-24,27-29H,2,4,9,12-15,18H2,1H3,(H,26,30);10,14,18H,4-9H2,1-3H3/b8-3-,17-16+;/t20-,21+,22+,23-,24+;10-/m00/s1. The van der Waals surface area contributed by atoms with Gasteiger partial charge < -0.3 is 45.4 Å². The number of hydrogen-bond donors (Lipinski definition) is 6. The van der Waals surface area contributed by atoms with Gasteiger partial charge in [-0.2, -0.15) is 4.37 Å². The first-order valence-corrected chi connectivity index (χ1v) is 19.1.